The smallest absolute Gasteiger partial charge is 0.335 e. The Kier molecular flexibility index (Phi) is 4.49. The molecule has 1 aromatic rings. The van der Waals surface area contributed by atoms with Crippen molar-refractivity contribution in [1.82, 2.24) is 9.88 Å². The highest BCUT2D eigenvalue weighted by atomic mass is 79.9. The average Bonchev–Trinajstić information content (AvgIpc) is 3.28. The maximum Gasteiger partial charge on any atom is 0.335 e. The van der Waals surface area contributed by atoms with E-state index in [1.165, 1.54) is 25.6 Å². The van der Waals surface area contributed by atoms with Crippen LogP contribution in [0.15, 0.2) is 10.7 Å². The van der Waals surface area contributed by atoms with E-state index in [1.54, 1.807) is 0 Å². The number of nitrogens with two attached hydrogens (primary N) is 1. The second-order valence-corrected chi connectivity index (χ2v) is 6.99. The van der Waals surface area contributed by atoms with Gasteiger partial charge in [0.15, 0.2) is 0 Å². The third-order valence-corrected chi connectivity index (χ3v) is 4.97. The highest BCUT2D eigenvalue weighted by molar-refractivity contribution is 9.10. The fraction of sp³-hybridized carbons (Fsp3) is 0.643. The molecule has 0 unspecified atom stereocenters. The van der Waals surface area contributed by atoms with Crippen molar-refractivity contribution in [2.24, 2.45) is 5.92 Å². The molecule has 1 aromatic heterocycles. The number of nitrogens with zero attached hydrogens (tertiary/aromatic N) is 3. The summed E-state index contributed by atoms with van der Waals surface area (Å²) in [5, 5.41) is 14.5. The highest BCUT2D eigenvalue weighted by Crippen LogP contribution is 2.37. The molecule has 1 saturated heterocycles. The van der Waals surface area contributed by atoms with Crippen molar-refractivity contribution in [2.45, 2.75) is 31.7 Å². The summed E-state index contributed by atoms with van der Waals surface area (Å²) in [5.74, 6) is 0.849. The van der Waals surface area contributed by atoms with Gasteiger partial charge in [0.1, 0.15) is 5.69 Å². The van der Waals surface area contributed by atoms with E-state index in [1.807, 2.05) is 0 Å². The maximum absolute atomic E-state index is 11.2. The SMILES string of the molecule is Nc1ncc(Br)c(NC2CCN(CC3CC3)CC2)c1[N+](=O)[O-]. The Morgan fingerprint density at radius 3 is 2.68 bits per heavy atom. The number of nitrogen functional groups attached to an aromatic ring is 1. The number of likely N-dealkylation sites (tertiary alicyclic amines) is 1. The van der Waals surface area contributed by atoms with Crippen LogP contribution in [-0.2, 0) is 0 Å². The number of nitrogens with one attached hydrogen (secondary N) is 1. The van der Waals surface area contributed by atoms with Gasteiger partial charge in [-0.3, -0.25) is 10.1 Å². The number of aromatic nitrogens is 1. The number of hydrogen-bond acceptors (Lipinski definition) is 6. The van der Waals surface area contributed by atoms with Gasteiger partial charge in [-0.1, -0.05) is 0 Å². The zero-order chi connectivity index (χ0) is 15.7. The summed E-state index contributed by atoms with van der Waals surface area (Å²) in [5.41, 5.74) is 5.96. The van der Waals surface area contributed by atoms with E-state index < -0.39 is 4.92 Å². The molecule has 2 fully saturated rings. The lowest BCUT2D eigenvalue weighted by Crippen LogP contribution is -2.40. The number of rotatable bonds is 5. The minimum atomic E-state index is -0.475. The Hall–Kier alpha value is -1.41. The van der Waals surface area contributed by atoms with Crippen molar-refractivity contribution in [3.05, 3.63) is 20.8 Å². The van der Waals surface area contributed by atoms with Crippen LogP contribution < -0.4 is 11.1 Å². The van der Waals surface area contributed by atoms with Crippen LogP contribution in [0.25, 0.3) is 0 Å². The number of nitro groups is 1. The molecule has 1 aliphatic carbocycles. The van der Waals surface area contributed by atoms with E-state index in [0.29, 0.717) is 10.2 Å². The third-order valence-electron chi connectivity index (χ3n) is 4.37. The highest BCUT2D eigenvalue weighted by Gasteiger charge is 2.29. The molecule has 7 nitrogen and oxygen atoms in total. The molecule has 2 aliphatic rings. The molecule has 0 bridgehead atoms. The van der Waals surface area contributed by atoms with Gasteiger partial charge < -0.3 is 16.0 Å². The van der Waals surface area contributed by atoms with Crippen LogP contribution in [0.4, 0.5) is 17.2 Å². The van der Waals surface area contributed by atoms with Crippen molar-refractivity contribution < 1.29 is 4.92 Å². The van der Waals surface area contributed by atoms with Gasteiger partial charge in [-0.05, 0) is 47.5 Å². The molecule has 3 N–H and O–H groups in total. The summed E-state index contributed by atoms with van der Waals surface area (Å²) < 4.78 is 0.578. The Morgan fingerprint density at radius 1 is 1.41 bits per heavy atom. The molecule has 1 aliphatic heterocycles. The second-order valence-electron chi connectivity index (χ2n) is 6.13. The van der Waals surface area contributed by atoms with Gasteiger partial charge >= 0.3 is 5.69 Å². The topological polar surface area (TPSA) is 97.3 Å². The molecular formula is C14H20BrN5O2. The minimum absolute atomic E-state index is 0.0538. The summed E-state index contributed by atoms with van der Waals surface area (Å²) in [7, 11) is 0. The Bertz CT molecular complexity index is 571. The van der Waals surface area contributed by atoms with Gasteiger partial charge in [-0.25, -0.2) is 4.98 Å². The fourth-order valence-electron chi connectivity index (χ4n) is 2.94. The first-order chi connectivity index (χ1) is 10.5. The lowest BCUT2D eigenvalue weighted by molar-refractivity contribution is -0.383. The first-order valence-corrected chi connectivity index (χ1v) is 8.41. The van der Waals surface area contributed by atoms with Gasteiger partial charge in [-0.15, -0.1) is 0 Å². The molecule has 0 amide bonds. The Morgan fingerprint density at radius 2 is 2.09 bits per heavy atom. The van der Waals surface area contributed by atoms with Crippen molar-refractivity contribution in [3.8, 4) is 0 Å². The minimum Gasteiger partial charge on any atom is -0.378 e. The average molecular weight is 370 g/mol. The first kappa shape index (κ1) is 15.5. The summed E-state index contributed by atoms with van der Waals surface area (Å²) >= 11 is 3.33. The van der Waals surface area contributed by atoms with E-state index in [9.17, 15) is 10.1 Å². The summed E-state index contributed by atoms with van der Waals surface area (Å²) in [4.78, 5) is 17.1. The molecule has 0 radical (unpaired) electrons. The van der Waals surface area contributed by atoms with Crippen molar-refractivity contribution in [3.63, 3.8) is 0 Å². The van der Waals surface area contributed by atoms with Crippen LogP contribution in [0.3, 0.4) is 0 Å². The molecule has 1 saturated carbocycles. The molecule has 22 heavy (non-hydrogen) atoms. The standard InChI is InChI=1S/C14H20BrN5O2/c15-11-7-17-14(16)13(20(21)22)12(11)18-10-3-5-19(6-4-10)8-9-1-2-9/h7,9-10H,1-6,8H2,(H3,16,17,18). The number of anilines is 2. The normalized spacial score (nSPS) is 20.0. The van der Waals surface area contributed by atoms with Crippen molar-refractivity contribution in [2.75, 3.05) is 30.7 Å². The van der Waals surface area contributed by atoms with E-state index in [4.69, 9.17) is 5.73 Å². The molecule has 2 heterocycles. The number of halogens is 1. The predicted octanol–water partition coefficient (Wildman–Crippen LogP) is 2.62. The quantitative estimate of drug-likeness (QED) is 0.611. The van der Waals surface area contributed by atoms with E-state index in [2.05, 4.69) is 31.1 Å². The van der Waals surface area contributed by atoms with Gasteiger partial charge in [0.25, 0.3) is 0 Å². The van der Waals surface area contributed by atoms with E-state index >= 15 is 0 Å². The summed E-state index contributed by atoms with van der Waals surface area (Å²) in [6, 6.07) is 0.229. The number of pyridine rings is 1. The maximum atomic E-state index is 11.2. The molecule has 3 rings (SSSR count). The summed E-state index contributed by atoms with van der Waals surface area (Å²) in [6.07, 6.45) is 6.21. The lowest BCUT2D eigenvalue weighted by Gasteiger charge is -2.33. The first-order valence-electron chi connectivity index (χ1n) is 7.62. The fourth-order valence-corrected chi connectivity index (χ4v) is 3.35. The van der Waals surface area contributed by atoms with Crippen LogP contribution in [0.1, 0.15) is 25.7 Å². The number of hydrogen-bond donors (Lipinski definition) is 2. The second kappa shape index (κ2) is 6.37. The number of piperidine rings is 1. The predicted molar refractivity (Wildman–Crippen MR) is 88.8 cm³/mol. The Balaban J connectivity index is 1.66. The van der Waals surface area contributed by atoms with Gasteiger partial charge in [0, 0.05) is 31.9 Å². The lowest BCUT2D eigenvalue weighted by atomic mass is 10.0. The molecule has 0 spiro atoms. The van der Waals surface area contributed by atoms with Crippen molar-refractivity contribution >= 4 is 33.1 Å². The van der Waals surface area contributed by atoms with Crippen LogP contribution in [0, 0.1) is 16.0 Å². The Labute approximate surface area is 137 Å². The van der Waals surface area contributed by atoms with Crippen LogP contribution in [-0.4, -0.2) is 40.5 Å². The van der Waals surface area contributed by atoms with Gasteiger partial charge in [-0.2, -0.15) is 0 Å². The van der Waals surface area contributed by atoms with Crippen LogP contribution in [0.5, 0.6) is 0 Å². The molecule has 120 valence electrons. The van der Waals surface area contributed by atoms with Crippen LogP contribution in [0.2, 0.25) is 0 Å². The van der Waals surface area contributed by atoms with Gasteiger partial charge in [0.05, 0.1) is 9.40 Å². The van der Waals surface area contributed by atoms with E-state index in [0.717, 1.165) is 31.8 Å². The molecule has 8 heteroatoms. The molecule has 0 atom stereocenters. The monoisotopic (exact) mass is 369 g/mol. The van der Waals surface area contributed by atoms with E-state index in [-0.39, 0.29) is 17.5 Å². The van der Waals surface area contributed by atoms with Gasteiger partial charge in [0.2, 0.25) is 5.82 Å². The molecular weight excluding hydrogens is 350 g/mol. The zero-order valence-corrected chi connectivity index (χ0v) is 13.9. The largest absolute Gasteiger partial charge is 0.378 e. The summed E-state index contributed by atoms with van der Waals surface area (Å²) in [6.45, 7) is 3.29. The van der Waals surface area contributed by atoms with Crippen LogP contribution >= 0.6 is 15.9 Å². The third kappa shape index (κ3) is 3.49. The molecule has 0 aromatic carbocycles. The van der Waals surface area contributed by atoms with Crippen molar-refractivity contribution in [1.29, 1.82) is 0 Å². The zero-order valence-electron chi connectivity index (χ0n) is 12.3.